The highest BCUT2D eigenvalue weighted by Crippen LogP contribution is 2.40. The van der Waals surface area contributed by atoms with E-state index in [0.29, 0.717) is 44.6 Å². The fraction of sp³-hybridized carbons (Fsp3) is 0.556. The zero-order valence-corrected chi connectivity index (χ0v) is 31.1. The monoisotopic (exact) mass is 731 g/mol. The number of carbonyl (C=O) groups is 4. The molecule has 51 heavy (non-hydrogen) atoms. The van der Waals surface area contributed by atoms with Gasteiger partial charge in [0.25, 0.3) is 5.91 Å². The molecule has 1 saturated carbocycles. The summed E-state index contributed by atoms with van der Waals surface area (Å²) in [4.78, 5) is 57.5. The zero-order chi connectivity index (χ0) is 36.9. The van der Waals surface area contributed by atoms with E-state index in [0.717, 1.165) is 31.4 Å². The van der Waals surface area contributed by atoms with Crippen LogP contribution in [0.3, 0.4) is 0 Å². The van der Waals surface area contributed by atoms with Gasteiger partial charge in [-0.15, -0.1) is 0 Å². The predicted octanol–water partition coefficient (Wildman–Crippen LogP) is 3.67. The van der Waals surface area contributed by atoms with Crippen molar-refractivity contribution in [3.05, 3.63) is 53.3 Å². The van der Waals surface area contributed by atoms with Gasteiger partial charge in [-0.3, -0.25) is 19.2 Å². The van der Waals surface area contributed by atoms with Crippen LogP contribution in [0.2, 0.25) is 6.55 Å². The maximum Gasteiger partial charge on any atom is 0.349 e. The Hall–Kier alpha value is -4.11. The van der Waals surface area contributed by atoms with Crippen molar-refractivity contribution in [2.75, 3.05) is 45.3 Å². The van der Waals surface area contributed by atoms with Gasteiger partial charge in [-0.2, -0.15) is 8.78 Å². The molecule has 4 amide bonds. The van der Waals surface area contributed by atoms with Gasteiger partial charge in [-0.25, -0.2) is 4.39 Å². The van der Waals surface area contributed by atoms with E-state index in [4.69, 9.17) is 9.47 Å². The second-order valence-electron chi connectivity index (χ2n) is 13.8. The van der Waals surface area contributed by atoms with Gasteiger partial charge in [0.2, 0.25) is 24.5 Å². The molecule has 278 valence electrons. The number of hydrogen-bond acceptors (Lipinski definition) is 7. The normalized spacial score (nSPS) is 19.3. The van der Waals surface area contributed by atoms with Crippen LogP contribution in [0.25, 0.3) is 0 Å². The third-order valence-electron chi connectivity index (χ3n) is 10.6. The summed E-state index contributed by atoms with van der Waals surface area (Å²) in [7, 11) is 0.383. The molecule has 2 aliphatic heterocycles. The molecule has 3 aliphatic rings. The second-order valence-corrected chi connectivity index (χ2v) is 15.6. The Morgan fingerprint density at radius 3 is 2.29 bits per heavy atom. The van der Waals surface area contributed by atoms with Crippen LogP contribution in [0.5, 0.6) is 11.5 Å². The van der Waals surface area contributed by atoms with Gasteiger partial charge in [0.15, 0.2) is 11.5 Å². The maximum atomic E-state index is 15.9. The maximum absolute atomic E-state index is 15.9. The minimum absolute atomic E-state index is 0.0946. The van der Waals surface area contributed by atoms with Gasteiger partial charge in [0.05, 0.1) is 15.2 Å². The van der Waals surface area contributed by atoms with Crippen molar-refractivity contribution in [3.63, 3.8) is 0 Å². The Bertz CT molecular complexity index is 1620. The van der Waals surface area contributed by atoms with Crippen LogP contribution in [-0.2, 0) is 25.1 Å². The minimum atomic E-state index is -4.00. The van der Waals surface area contributed by atoms with E-state index in [-0.39, 0.29) is 42.2 Å². The van der Waals surface area contributed by atoms with Gasteiger partial charge < -0.3 is 35.2 Å². The van der Waals surface area contributed by atoms with Crippen LogP contribution in [0.4, 0.5) is 18.9 Å². The second kappa shape index (κ2) is 16.1. The Labute approximate surface area is 298 Å². The average Bonchev–Trinajstić information content (AvgIpc) is 3.62. The lowest BCUT2D eigenvalue weighted by Crippen LogP contribution is -2.66. The van der Waals surface area contributed by atoms with E-state index < -0.39 is 61.7 Å². The summed E-state index contributed by atoms with van der Waals surface area (Å²) < 4.78 is 57.8. The standard InChI is InChI=1S/C36H48F3N5O6Si/c1-5-30(45)41-31(32(46)44-17-15-43(3)16-18-44)22(2)23-11-13-27(26(37)19-23)40-34(48)36(51-4,24-9-7-6-8-10-24)42-33(47)35(38,39)25-12-14-28-29(20-25)50-21-49-28/h11-14,19-20,22,24,31H,5-10,15-18,21,51H2,1-4H3,(H,40,48)(H,41,45)(H,42,47)/t22-,31+,36-/m0/s1. The van der Waals surface area contributed by atoms with E-state index in [1.807, 2.05) is 7.05 Å². The Kier molecular flexibility index (Phi) is 12.0. The molecule has 1 saturated heterocycles. The Morgan fingerprint density at radius 2 is 1.65 bits per heavy atom. The number of benzene rings is 2. The minimum Gasteiger partial charge on any atom is -0.454 e. The highest BCUT2D eigenvalue weighted by molar-refractivity contribution is 6.48. The van der Waals surface area contributed by atoms with Crippen molar-refractivity contribution < 1.29 is 41.8 Å². The number of halogens is 3. The summed E-state index contributed by atoms with van der Waals surface area (Å²) in [5, 5.41) is 6.30. The van der Waals surface area contributed by atoms with Crippen LogP contribution < -0.4 is 25.4 Å². The van der Waals surface area contributed by atoms with Crippen LogP contribution in [0.1, 0.15) is 69.4 Å². The van der Waals surface area contributed by atoms with Crippen LogP contribution in [0, 0.1) is 11.7 Å². The van der Waals surface area contributed by atoms with Crippen molar-refractivity contribution >= 4 is 38.8 Å². The highest BCUT2D eigenvalue weighted by atomic mass is 28.2. The molecule has 2 aromatic rings. The summed E-state index contributed by atoms with van der Waals surface area (Å²) >= 11 is 0. The van der Waals surface area contributed by atoms with Gasteiger partial charge in [-0.1, -0.05) is 45.7 Å². The summed E-state index contributed by atoms with van der Waals surface area (Å²) in [6, 6.07) is 6.67. The Balaban J connectivity index is 1.38. The lowest BCUT2D eigenvalue weighted by atomic mass is 9.82. The molecule has 11 nitrogen and oxygen atoms in total. The highest BCUT2D eigenvalue weighted by Gasteiger charge is 2.51. The largest absolute Gasteiger partial charge is 0.454 e. The van der Waals surface area contributed by atoms with E-state index in [2.05, 4.69) is 20.9 Å². The van der Waals surface area contributed by atoms with Crippen LogP contribution in [0.15, 0.2) is 36.4 Å². The molecular formula is C36H48F3N5O6Si. The molecule has 0 aromatic heterocycles. The third kappa shape index (κ3) is 8.19. The van der Waals surface area contributed by atoms with Crippen molar-refractivity contribution in [1.82, 2.24) is 20.4 Å². The molecule has 5 rings (SSSR count). The first-order chi connectivity index (χ1) is 24.3. The third-order valence-corrected chi connectivity index (χ3v) is 12.8. The molecule has 0 spiro atoms. The van der Waals surface area contributed by atoms with Crippen LogP contribution in [-0.4, -0.2) is 94.2 Å². The summed E-state index contributed by atoms with van der Waals surface area (Å²) in [6.07, 6.45) is 3.73. The van der Waals surface area contributed by atoms with Gasteiger partial charge in [0, 0.05) is 44.1 Å². The molecule has 2 fully saturated rings. The molecule has 2 heterocycles. The van der Waals surface area contributed by atoms with Crippen molar-refractivity contribution in [3.8, 4) is 11.5 Å². The molecular weight excluding hydrogens is 684 g/mol. The lowest BCUT2D eigenvalue weighted by molar-refractivity contribution is -0.150. The number of nitrogens with one attached hydrogen (secondary N) is 3. The zero-order valence-electron chi connectivity index (χ0n) is 29.7. The van der Waals surface area contributed by atoms with Crippen molar-refractivity contribution in [2.45, 2.75) is 82.0 Å². The number of piperazine rings is 1. The molecule has 1 aliphatic carbocycles. The molecule has 0 unspecified atom stereocenters. The Morgan fingerprint density at radius 1 is 0.961 bits per heavy atom. The van der Waals surface area contributed by atoms with E-state index >= 15 is 13.2 Å². The number of alkyl halides is 2. The van der Waals surface area contributed by atoms with Gasteiger partial charge in [0.1, 0.15) is 17.0 Å². The lowest BCUT2D eigenvalue weighted by Gasteiger charge is -2.42. The quantitative estimate of drug-likeness (QED) is 0.285. The molecule has 15 heteroatoms. The molecule has 2 aromatic carbocycles. The first-order valence-electron chi connectivity index (χ1n) is 17.8. The first-order valence-corrected chi connectivity index (χ1v) is 19.9. The fourth-order valence-corrected chi connectivity index (χ4v) is 8.96. The number of amides is 4. The summed E-state index contributed by atoms with van der Waals surface area (Å²) in [6.45, 7) is 7.45. The number of anilines is 1. The van der Waals surface area contributed by atoms with Gasteiger partial charge in [-0.05, 0) is 61.7 Å². The molecule has 0 bridgehead atoms. The van der Waals surface area contributed by atoms with Crippen LogP contribution >= 0.6 is 0 Å². The number of ether oxygens (including phenoxy) is 2. The smallest absolute Gasteiger partial charge is 0.349 e. The predicted molar refractivity (Wildman–Crippen MR) is 188 cm³/mol. The number of nitrogens with zero attached hydrogens (tertiary/aromatic N) is 2. The van der Waals surface area contributed by atoms with Crippen molar-refractivity contribution in [2.24, 2.45) is 5.92 Å². The molecule has 0 radical (unpaired) electrons. The summed E-state index contributed by atoms with van der Waals surface area (Å²) in [5.41, 5.74) is -0.361. The topological polar surface area (TPSA) is 129 Å². The first kappa shape index (κ1) is 38.1. The number of rotatable bonds is 12. The number of likely N-dealkylation sites (N-methyl/N-ethyl adjacent to an activating group) is 1. The molecule has 3 atom stereocenters. The molecule has 3 N–H and O–H groups in total. The van der Waals surface area contributed by atoms with E-state index in [1.54, 1.807) is 31.4 Å². The van der Waals surface area contributed by atoms with E-state index in [9.17, 15) is 19.2 Å². The van der Waals surface area contributed by atoms with Gasteiger partial charge >= 0.3 is 5.92 Å². The average molecular weight is 732 g/mol. The number of fused-ring (bicyclic) bond motifs is 1. The number of hydrogen-bond donors (Lipinski definition) is 3. The number of carbonyl (C=O) groups excluding carboxylic acids is 4. The fourth-order valence-electron chi connectivity index (χ4n) is 7.22. The summed E-state index contributed by atoms with van der Waals surface area (Å²) in [5.74, 6) is -8.37. The SMILES string of the molecule is CCC(=O)N[C@@H](C(=O)N1CCN(C)CC1)[C@@H](C)c1ccc(NC(=O)[C@@](NC(=O)C(F)(F)c2ccc3c(c2)OCO3)([SiH2]C)C2CCCCC2)c(F)c1. The van der Waals surface area contributed by atoms with E-state index in [1.165, 1.54) is 18.2 Å². The van der Waals surface area contributed by atoms with Crippen molar-refractivity contribution in [1.29, 1.82) is 0 Å².